The first-order valence-electron chi connectivity index (χ1n) is 11.0. The van der Waals surface area contributed by atoms with Crippen molar-refractivity contribution in [3.05, 3.63) is 93.7 Å². The predicted octanol–water partition coefficient (Wildman–Crippen LogP) is 3.72. The largest absolute Gasteiger partial charge is 0.480 e. The zero-order valence-electron chi connectivity index (χ0n) is 19.5. The lowest BCUT2D eigenvalue weighted by Crippen LogP contribution is -2.39. The molecule has 2 heterocycles. The van der Waals surface area contributed by atoms with E-state index in [2.05, 4.69) is 33.5 Å². The number of thiazole rings is 1. The van der Waals surface area contributed by atoms with Crippen molar-refractivity contribution in [3.63, 3.8) is 0 Å². The number of hydrogen-bond acceptors (Lipinski definition) is 6. The summed E-state index contributed by atoms with van der Waals surface area (Å²) in [6.07, 6.45) is 7.10. The van der Waals surface area contributed by atoms with Gasteiger partial charge in [0, 0.05) is 0 Å². The topological polar surface area (TPSA) is 69.9 Å². The fourth-order valence-corrected chi connectivity index (χ4v) is 5.59. The minimum absolute atomic E-state index is 0.190. The van der Waals surface area contributed by atoms with Crippen LogP contribution in [0.1, 0.15) is 36.6 Å². The molecule has 178 valence electrons. The molecule has 0 aliphatic carbocycles. The molecule has 35 heavy (non-hydrogen) atoms. The number of esters is 1. The average molecular weight is 598 g/mol. The van der Waals surface area contributed by atoms with Crippen LogP contribution in [0, 0.1) is 22.8 Å². The molecule has 2 aromatic carbocycles. The van der Waals surface area contributed by atoms with E-state index in [0.717, 1.165) is 20.3 Å². The van der Waals surface area contributed by atoms with Crippen LogP contribution in [0.2, 0.25) is 0 Å². The second kappa shape index (κ2) is 10.6. The second-order valence-corrected chi connectivity index (χ2v) is 10.1. The number of carbonyl (C=O) groups excluding carboxylic acids is 1. The van der Waals surface area contributed by atoms with Crippen LogP contribution in [0.4, 0.5) is 0 Å². The number of ether oxygens (including phenoxy) is 2. The standard InChI is InChI=1S/C27H23IN2O4S/c1-5-13-34-21-12-9-18(14-20(21)28)15-22-25(31)30-24(19-10-7-16(3)8-11-19)23(26(32)33-6-2)17(4)29-27(30)35-22/h1,7-12,14-15,24H,6,13H2,2-4H3/b22-15+/t24-/m0/s1. The monoisotopic (exact) mass is 598 g/mol. The Hall–Kier alpha value is -3.16. The summed E-state index contributed by atoms with van der Waals surface area (Å²) in [5.74, 6) is 2.68. The van der Waals surface area contributed by atoms with Crippen molar-refractivity contribution >= 4 is 46.0 Å². The average Bonchev–Trinajstić information content (AvgIpc) is 3.12. The van der Waals surface area contributed by atoms with Crippen LogP contribution in [-0.4, -0.2) is 23.8 Å². The zero-order valence-corrected chi connectivity index (χ0v) is 22.5. The van der Waals surface area contributed by atoms with Crippen LogP contribution in [0.5, 0.6) is 5.75 Å². The number of hydrogen-bond donors (Lipinski definition) is 0. The van der Waals surface area contributed by atoms with E-state index in [1.165, 1.54) is 11.3 Å². The highest BCUT2D eigenvalue weighted by atomic mass is 127. The Bertz CT molecular complexity index is 1540. The number of aryl methyl sites for hydroxylation is 1. The summed E-state index contributed by atoms with van der Waals surface area (Å²) in [5, 5.41) is 0. The molecule has 0 saturated heterocycles. The van der Waals surface area contributed by atoms with Crippen LogP contribution in [-0.2, 0) is 9.53 Å². The molecule has 0 N–H and O–H groups in total. The molecule has 1 aliphatic heterocycles. The number of allylic oxidation sites excluding steroid dienone is 1. The van der Waals surface area contributed by atoms with Gasteiger partial charge in [-0.05, 0) is 72.7 Å². The van der Waals surface area contributed by atoms with Gasteiger partial charge in [0.15, 0.2) is 4.80 Å². The van der Waals surface area contributed by atoms with Gasteiger partial charge in [0.2, 0.25) is 0 Å². The second-order valence-electron chi connectivity index (χ2n) is 7.90. The molecule has 0 fully saturated rings. The molecule has 6 nitrogen and oxygen atoms in total. The molecule has 8 heteroatoms. The molecule has 4 rings (SSSR count). The van der Waals surface area contributed by atoms with Crippen LogP contribution < -0.4 is 19.6 Å². The summed E-state index contributed by atoms with van der Waals surface area (Å²) in [4.78, 5) is 31.7. The number of nitrogens with zero attached hydrogens (tertiary/aromatic N) is 2. The zero-order chi connectivity index (χ0) is 25.1. The summed E-state index contributed by atoms with van der Waals surface area (Å²) < 4.78 is 13.9. The summed E-state index contributed by atoms with van der Waals surface area (Å²) in [6, 6.07) is 12.8. The van der Waals surface area contributed by atoms with E-state index in [0.29, 0.717) is 26.4 Å². The number of aromatic nitrogens is 1. The predicted molar refractivity (Wildman–Crippen MR) is 145 cm³/mol. The Kier molecular flexibility index (Phi) is 7.57. The van der Waals surface area contributed by atoms with E-state index in [1.807, 2.05) is 55.5 Å². The maximum absolute atomic E-state index is 13.7. The van der Waals surface area contributed by atoms with E-state index in [1.54, 1.807) is 18.4 Å². The lowest BCUT2D eigenvalue weighted by molar-refractivity contribution is -0.139. The lowest BCUT2D eigenvalue weighted by atomic mass is 9.95. The molecule has 1 aliphatic rings. The maximum atomic E-state index is 13.7. The molecule has 1 atom stereocenters. The molecule has 3 aromatic rings. The summed E-state index contributed by atoms with van der Waals surface area (Å²) >= 11 is 3.47. The Labute approximate surface area is 220 Å². The summed E-state index contributed by atoms with van der Waals surface area (Å²) in [6.45, 7) is 5.96. The van der Waals surface area contributed by atoms with Gasteiger partial charge in [0.25, 0.3) is 5.56 Å². The molecule has 0 amide bonds. The fraction of sp³-hybridized carbons (Fsp3) is 0.222. The number of fused-ring (bicyclic) bond motifs is 1. The van der Waals surface area contributed by atoms with E-state index in [4.69, 9.17) is 15.9 Å². The molecule has 1 aromatic heterocycles. The highest BCUT2D eigenvalue weighted by molar-refractivity contribution is 14.1. The van der Waals surface area contributed by atoms with Gasteiger partial charge in [0.1, 0.15) is 12.4 Å². The van der Waals surface area contributed by atoms with Gasteiger partial charge >= 0.3 is 5.97 Å². The van der Waals surface area contributed by atoms with Crippen molar-refractivity contribution in [2.75, 3.05) is 13.2 Å². The number of benzene rings is 2. The number of halogens is 1. The van der Waals surface area contributed by atoms with E-state index < -0.39 is 12.0 Å². The van der Waals surface area contributed by atoms with E-state index in [9.17, 15) is 9.59 Å². The third-order valence-corrected chi connectivity index (χ3v) is 7.30. The van der Waals surface area contributed by atoms with E-state index in [-0.39, 0.29) is 18.8 Å². The van der Waals surface area contributed by atoms with E-state index >= 15 is 0 Å². The molecule has 0 saturated carbocycles. The molecule has 0 spiro atoms. The quantitative estimate of drug-likeness (QED) is 0.247. The van der Waals surface area contributed by atoms with Gasteiger partial charge in [-0.1, -0.05) is 53.2 Å². The van der Waals surface area contributed by atoms with Crippen LogP contribution in [0.3, 0.4) is 0 Å². The van der Waals surface area contributed by atoms with Gasteiger partial charge in [-0.15, -0.1) is 6.42 Å². The normalized spacial score (nSPS) is 15.3. The summed E-state index contributed by atoms with van der Waals surface area (Å²) in [5.41, 5.74) is 3.47. The maximum Gasteiger partial charge on any atom is 0.338 e. The Morgan fingerprint density at radius 1 is 1.26 bits per heavy atom. The minimum atomic E-state index is -0.618. The SMILES string of the molecule is C#CCOc1ccc(/C=c2/sc3n(c2=O)[C@@H](c2ccc(C)cc2)C(C(=O)OCC)=C(C)N=3)cc1I. The Balaban J connectivity index is 1.87. The van der Waals surface area contributed by atoms with Crippen LogP contribution in [0.15, 0.2) is 63.5 Å². The molecule has 0 radical (unpaired) electrons. The number of terminal acetylenes is 1. The smallest absolute Gasteiger partial charge is 0.338 e. The highest BCUT2D eigenvalue weighted by Gasteiger charge is 2.33. The third kappa shape index (κ3) is 5.11. The molecular weight excluding hydrogens is 575 g/mol. The van der Waals surface area contributed by atoms with Gasteiger partial charge in [-0.25, -0.2) is 9.79 Å². The summed E-state index contributed by atoms with van der Waals surface area (Å²) in [7, 11) is 0. The van der Waals surface area contributed by atoms with Crippen molar-refractivity contribution in [2.24, 2.45) is 4.99 Å². The number of rotatable bonds is 6. The van der Waals surface area contributed by atoms with Crippen molar-refractivity contribution in [3.8, 4) is 18.1 Å². The first-order valence-corrected chi connectivity index (χ1v) is 12.9. The Morgan fingerprint density at radius 3 is 2.66 bits per heavy atom. The first kappa shape index (κ1) is 24.9. The van der Waals surface area contributed by atoms with Gasteiger partial charge < -0.3 is 9.47 Å². The van der Waals surface area contributed by atoms with Crippen LogP contribution in [0.25, 0.3) is 6.08 Å². The molecule has 0 unspecified atom stereocenters. The lowest BCUT2D eigenvalue weighted by Gasteiger charge is -2.24. The first-order chi connectivity index (χ1) is 16.8. The third-order valence-electron chi connectivity index (χ3n) is 5.47. The van der Waals surface area contributed by atoms with Crippen molar-refractivity contribution in [1.82, 2.24) is 4.57 Å². The van der Waals surface area contributed by atoms with Gasteiger partial charge in [-0.3, -0.25) is 9.36 Å². The molecule has 0 bridgehead atoms. The van der Waals surface area contributed by atoms with Crippen molar-refractivity contribution < 1.29 is 14.3 Å². The minimum Gasteiger partial charge on any atom is -0.480 e. The van der Waals surface area contributed by atoms with Gasteiger partial charge in [0.05, 0.1) is 32.0 Å². The van der Waals surface area contributed by atoms with Crippen molar-refractivity contribution in [2.45, 2.75) is 26.8 Å². The molecular formula is C27H23IN2O4S. The van der Waals surface area contributed by atoms with Crippen LogP contribution >= 0.6 is 33.9 Å². The van der Waals surface area contributed by atoms with Gasteiger partial charge in [-0.2, -0.15) is 0 Å². The number of carbonyl (C=O) groups is 1. The fourth-order valence-electron chi connectivity index (χ4n) is 3.85. The highest BCUT2D eigenvalue weighted by Crippen LogP contribution is 2.31. The Morgan fingerprint density at radius 2 is 2.00 bits per heavy atom. The van der Waals surface area contributed by atoms with Crippen molar-refractivity contribution in [1.29, 1.82) is 0 Å².